The average molecular weight is 401 g/mol. The number of azo groups is 1. The lowest BCUT2D eigenvalue weighted by Crippen LogP contribution is -2.18. The smallest absolute Gasteiger partial charge is 0.301 e. The summed E-state index contributed by atoms with van der Waals surface area (Å²) in [5.74, 6) is 0.670. The highest BCUT2D eigenvalue weighted by molar-refractivity contribution is 6.30. The number of H-pyrrole nitrogens is 1. The number of benzene rings is 1. The standard InChI is InChI=1S/C19H21ClN6O2/c1-5-6-15-11(2)21-19(22-17(15)28-4)26-18(27)16(12(3)25-26)24-23-14-9-7-13(20)8-10-14/h7-10,25H,5-6H2,1-4H3. The van der Waals surface area contributed by atoms with Gasteiger partial charge in [-0.25, -0.2) is 4.98 Å². The van der Waals surface area contributed by atoms with Gasteiger partial charge in [0, 0.05) is 16.3 Å². The first kappa shape index (κ1) is 19.8. The van der Waals surface area contributed by atoms with Crippen LogP contribution in [0, 0.1) is 13.8 Å². The largest absolute Gasteiger partial charge is 0.481 e. The number of aromatic amines is 1. The summed E-state index contributed by atoms with van der Waals surface area (Å²) in [6.45, 7) is 5.69. The van der Waals surface area contributed by atoms with Gasteiger partial charge in [-0.1, -0.05) is 24.9 Å². The molecule has 3 rings (SSSR count). The van der Waals surface area contributed by atoms with Crippen molar-refractivity contribution in [2.24, 2.45) is 10.2 Å². The molecule has 0 bridgehead atoms. The summed E-state index contributed by atoms with van der Waals surface area (Å²) in [6, 6.07) is 6.85. The minimum Gasteiger partial charge on any atom is -0.481 e. The molecule has 28 heavy (non-hydrogen) atoms. The highest BCUT2D eigenvalue weighted by atomic mass is 35.5. The molecule has 0 amide bonds. The van der Waals surface area contributed by atoms with Crippen LogP contribution in [0.4, 0.5) is 11.4 Å². The molecule has 0 aliphatic carbocycles. The van der Waals surface area contributed by atoms with Gasteiger partial charge in [-0.2, -0.15) is 14.8 Å². The Labute approximate surface area is 167 Å². The first-order valence-electron chi connectivity index (χ1n) is 8.85. The summed E-state index contributed by atoms with van der Waals surface area (Å²) in [4.78, 5) is 21.7. The molecule has 8 nitrogen and oxygen atoms in total. The SMILES string of the molecule is CCCc1c(C)nc(-n2[nH]c(C)c(N=Nc3ccc(Cl)cc3)c2=O)nc1OC. The molecule has 0 aliphatic heterocycles. The van der Waals surface area contributed by atoms with Gasteiger partial charge in [-0.15, -0.1) is 5.11 Å². The molecular formula is C19H21ClN6O2. The van der Waals surface area contributed by atoms with Crippen molar-refractivity contribution in [2.45, 2.75) is 33.6 Å². The third kappa shape index (κ3) is 3.96. The van der Waals surface area contributed by atoms with E-state index >= 15 is 0 Å². The number of aryl methyl sites for hydroxylation is 2. The molecule has 1 N–H and O–H groups in total. The quantitative estimate of drug-likeness (QED) is 0.611. The first-order chi connectivity index (χ1) is 13.4. The molecule has 0 unspecified atom stereocenters. The maximum absolute atomic E-state index is 12.8. The Hall–Kier alpha value is -3.00. The minimum atomic E-state index is -0.389. The maximum Gasteiger partial charge on any atom is 0.301 e. The Kier molecular flexibility index (Phi) is 5.89. The van der Waals surface area contributed by atoms with Crippen molar-refractivity contribution in [3.63, 3.8) is 0 Å². The number of nitrogens with zero attached hydrogens (tertiary/aromatic N) is 5. The molecule has 146 valence electrons. The van der Waals surface area contributed by atoms with E-state index in [0.717, 1.165) is 24.1 Å². The summed E-state index contributed by atoms with van der Waals surface area (Å²) in [7, 11) is 1.55. The van der Waals surface area contributed by atoms with Gasteiger partial charge < -0.3 is 4.74 Å². The Morgan fingerprint density at radius 1 is 1.18 bits per heavy atom. The molecule has 1 aromatic carbocycles. The van der Waals surface area contributed by atoms with Crippen LogP contribution in [-0.4, -0.2) is 26.9 Å². The predicted octanol–water partition coefficient (Wildman–Crippen LogP) is 4.60. The number of hydrogen-bond acceptors (Lipinski definition) is 6. The van der Waals surface area contributed by atoms with E-state index in [1.54, 1.807) is 38.3 Å². The van der Waals surface area contributed by atoms with E-state index in [4.69, 9.17) is 16.3 Å². The fraction of sp³-hybridized carbons (Fsp3) is 0.316. The number of halogens is 1. The third-order valence-corrected chi connectivity index (χ3v) is 4.44. The van der Waals surface area contributed by atoms with Crippen LogP contribution in [-0.2, 0) is 6.42 Å². The predicted molar refractivity (Wildman–Crippen MR) is 108 cm³/mol. The van der Waals surface area contributed by atoms with Crippen molar-refractivity contribution in [1.82, 2.24) is 19.7 Å². The van der Waals surface area contributed by atoms with Gasteiger partial charge in [0.05, 0.1) is 18.5 Å². The fourth-order valence-electron chi connectivity index (χ4n) is 2.77. The van der Waals surface area contributed by atoms with E-state index in [1.165, 1.54) is 4.68 Å². The summed E-state index contributed by atoms with van der Waals surface area (Å²) in [5, 5.41) is 11.8. The van der Waals surface area contributed by atoms with Crippen molar-refractivity contribution < 1.29 is 4.74 Å². The van der Waals surface area contributed by atoms with Gasteiger partial charge in [0.15, 0.2) is 5.69 Å². The van der Waals surface area contributed by atoms with Crippen molar-refractivity contribution in [3.05, 3.63) is 56.6 Å². The van der Waals surface area contributed by atoms with Crippen molar-refractivity contribution in [1.29, 1.82) is 0 Å². The lowest BCUT2D eigenvalue weighted by Gasteiger charge is -2.11. The monoisotopic (exact) mass is 400 g/mol. The number of ether oxygens (including phenoxy) is 1. The van der Waals surface area contributed by atoms with Crippen LogP contribution in [0.3, 0.4) is 0 Å². The van der Waals surface area contributed by atoms with Crippen molar-refractivity contribution in [2.75, 3.05) is 7.11 Å². The first-order valence-corrected chi connectivity index (χ1v) is 9.23. The molecule has 0 radical (unpaired) electrons. The van der Waals surface area contributed by atoms with E-state index in [2.05, 4.69) is 32.2 Å². The number of nitrogens with one attached hydrogen (secondary N) is 1. The van der Waals surface area contributed by atoms with Crippen molar-refractivity contribution >= 4 is 23.0 Å². The lowest BCUT2D eigenvalue weighted by atomic mass is 10.1. The summed E-state index contributed by atoms with van der Waals surface area (Å²) < 4.78 is 6.65. The Balaban J connectivity index is 2.01. The van der Waals surface area contributed by atoms with E-state index in [0.29, 0.717) is 22.3 Å². The topological polar surface area (TPSA) is 97.5 Å². The second-order valence-corrected chi connectivity index (χ2v) is 6.69. The zero-order chi connectivity index (χ0) is 20.3. The van der Waals surface area contributed by atoms with E-state index in [9.17, 15) is 4.79 Å². The molecule has 0 saturated heterocycles. The maximum atomic E-state index is 12.8. The Morgan fingerprint density at radius 3 is 2.54 bits per heavy atom. The van der Waals surface area contributed by atoms with Gasteiger partial charge >= 0.3 is 5.56 Å². The van der Waals surface area contributed by atoms with E-state index in [1.807, 2.05) is 6.92 Å². The van der Waals surface area contributed by atoms with Gasteiger partial charge in [-0.3, -0.25) is 9.89 Å². The van der Waals surface area contributed by atoms with Crippen LogP contribution in [0.2, 0.25) is 5.02 Å². The Morgan fingerprint density at radius 2 is 1.89 bits per heavy atom. The zero-order valence-corrected chi connectivity index (χ0v) is 16.9. The molecule has 0 spiro atoms. The lowest BCUT2D eigenvalue weighted by molar-refractivity contribution is 0.388. The number of aromatic nitrogens is 4. The summed E-state index contributed by atoms with van der Waals surface area (Å²) in [6.07, 6.45) is 1.74. The highest BCUT2D eigenvalue weighted by Crippen LogP contribution is 2.23. The molecule has 0 aliphatic rings. The van der Waals surface area contributed by atoms with Crippen molar-refractivity contribution in [3.8, 4) is 11.8 Å². The molecule has 3 aromatic rings. The van der Waals surface area contributed by atoms with Gasteiger partial charge in [0.25, 0.3) is 5.95 Å². The fourth-order valence-corrected chi connectivity index (χ4v) is 2.90. The van der Waals surface area contributed by atoms with Crippen LogP contribution in [0.5, 0.6) is 5.88 Å². The van der Waals surface area contributed by atoms with Crippen LogP contribution >= 0.6 is 11.6 Å². The molecule has 9 heteroatoms. The molecular weight excluding hydrogens is 380 g/mol. The molecule has 2 aromatic heterocycles. The van der Waals surface area contributed by atoms with Crippen LogP contribution < -0.4 is 10.3 Å². The van der Waals surface area contributed by atoms with Crippen LogP contribution in [0.15, 0.2) is 39.3 Å². The molecule has 0 atom stereocenters. The van der Waals surface area contributed by atoms with Gasteiger partial charge in [-0.05, 0) is 44.5 Å². The number of hydrogen-bond donors (Lipinski definition) is 1. The summed E-state index contributed by atoms with van der Waals surface area (Å²) in [5.41, 5.74) is 2.65. The normalized spacial score (nSPS) is 11.3. The van der Waals surface area contributed by atoms with Gasteiger partial charge in [0.2, 0.25) is 5.88 Å². The van der Waals surface area contributed by atoms with E-state index in [-0.39, 0.29) is 17.2 Å². The second kappa shape index (κ2) is 8.35. The van der Waals surface area contributed by atoms with Crippen LogP contribution in [0.25, 0.3) is 5.95 Å². The van der Waals surface area contributed by atoms with Crippen LogP contribution in [0.1, 0.15) is 30.3 Å². The second-order valence-electron chi connectivity index (χ2n) is 6.25. The molecule has 2 heterocycles. The third-order valence-electron chi connectivity index (χ3n) is 4.19. The van der Waals surface area contributed by atoms with Gasteiger partial charge in [0.1, 0.15) is 0 Å². The average Bonchev–Trinajstić information content (AvgIpc) is 2.96. The molecule has 0 saturated carbocycles. The highest BCUT2D eigenvalue weighted by Gasteiger charge is 2.18. The number of rotatable bonds is 6. The molecule has 0 fully saturated rings. The Bertz CT molecular complexity index is 1070. The number of methoxy groups -OCH3 is 1. The zero-order valence-electron chi connectivity index (χ0n) is 16.2. The van der Waals surface area contributed by atoms with E-state index < -0.39 is 0 Å². The minimum absolute atomic E-state index is 0.188. The summed E-state index contributed by atoms with van der Waals surface area (Å²) >= 11 is 5.86.